The summed E-state index contributed by atoms with van der Waals surface area (Å²) < 4.78 is 0. The molecule has 2 aromatic rings. The number of hydrogen-bond acceptors (Lipinski definition) is 2. The van der Waals surface area contributed by atoms with Crippen LogP contribution in [0.25, 0.3) is 5.57 Å². The Balaban J connectivity index is 2.05. The minimum Gasteiger partial charge on any atom is -0.308 e. The summed E-state index contributed by atoms with van der Waals surface area (Å²) in [4.78, 5) is 26.7. The van der Waals surface area contributed by atoms with E-state index in [9.17, 15) is 9.59 Å². The number of allylic oxidation sites excluding steroid dienone is 1. The number of ketones is 1. The van der Waals surface area contributed by atoms with E-state index >= 15 is 0 Å². The molecule has 5 heteroatoms. The average molecular weight is 346 g/mol. The summed E-state index contributed by atoms with van der Waals surface area (Å²) in [5.41, 5.74) is 2.29. The van der Waals surface area contributed by atoms with Gasteiger partial charge in [-0.1, -0.05) is 41.4 Å². The van der Waals surface area contributed by atoms with Crippen molar-refractivity contribution in [1.82, 2.24) is 0 Å². The summed E-state index contributed by atoms with van der Waals surface area (Å²) in [5.74, 6) is -0.491. The number of fused-ring (bicyclic) bond motifs is 1. The van der Waals surface area contributed by atoms with Gasteiger partial charge in [-0.3, -0.25) is 9.59 Å². The molecule has 0 radical (unpaired) electrons. The highest BCUT2D eigenvalue weighted by Crippen LogP contribution is 2.36. The van der Waals surface area contributed by atoms with Crippen LogP contribution >= 0.6 is 23.2 Å². The molecule has 3 nitrogen and oxygen atoms in total. The smallest absolute Gasteiger partial charge is 0.259 e. The normalized spacial score (nSPS) is 15.2. The lowest BCUT2D eigenvalue weighted by molar-refractivity contribution is -0.113. The molecule has 0 saturated carbocycles. The predicted molar refractivity (Wildman–Crippen MR) is 93.2 cm³/mol. The van der Waals surface area contributed by atoms with Crippen molar-refractivity contribution in [3.8, 4) is 0 Å². The number of likely N-dealkylation sites (N-methyl/N-ethyl adjacent to an activating group) is 1. The molecule has 0 aliphatic carbocycles. The molecule has 0 spiro atoms. The van der Waals surface area contributed by atoms with Gasteiger partial charge in [0.25, 0.3) is 5.91 Å². The van der Waals surface area contributed by atoms with Crippen molar-refractivity contribution in [1.29, 1.82) is 0 Å². The van der Waals surface area contributed by atoms with Crippen molar-refractivity contribution in [3.63, 3.8) is 0 Å². The number of carbonyl (C=O) groups is 2. The Labute approximate surface area is 144 Å². The van der Waals surface area contributed by atoms with Crippen molar-refractivity contribution in [3.05, 3.63) is 69.7 Å². The van der Waals surface area contributed by atoms with Gasteiger partial charge in [0.15, 0.2) is 5.78 Å². The SMILES string of the molecule is CCN1C(=O)C(=CC(=O)c2ccc(Cl)cc2Cl)c2ccccc21. The fourth-order valence-electron chi connectivity index (χ4n) is 2.66. The number of para-hydroxylation sites is 1. The Morgan fingerprint density at radius 2 is 1.91 bits per heavy atom. The van der Waals surface area contributed by atoms with Crippen LogP contribution in [-0.2, 0) is 4.79 Å². The van der Waals surface area contributed by atoms with Gasteiger partial charge in [0.05, 0.1) is 16.3 Å². The van der Waals surface area contributed by atoms with Gasteiger partial charge < -0.3 is 4.90 Å². The van der Waals surface area contributed by atoms with Crippen molar-refractivity contribution in [2.45, 2.75) is 6.92 Å². The van der Waals surface area contributed by atoms with Crippen molar-refractivity contribution >= 4 is 46.2 Å². The molecule has 0 fully saturated rings. The Bertz CT molecular complexity index is 843. The Hall–Kier alpha value is -2.10. The van der Waals surface area contributed by atoms with Gasteiger partial charge in [0.1, 0.15) is 0 Å². The lowest BCUT2D eigenvalue weighted by atomic mass is 10.0. The second-order valence-corrected chi connectivity index (χ2v) is 5.96. The molecule has 0 saturated heterocycles. The molecule has 3 rings (SSSR count). The molecule has 2 aromatic carbocycles. The summed E-state index contributed by atoms with van der Waals surface area (Å²) >= 11 is 11.9. The van der Waals surface area contributed by atoms with Gasteiger partial charge in [-0.05, 0) is 37.3 Å². The largest absolute Gasteiger partial charge is 0.308 e. The van der Waals surface area contributed by atoms with Crippen LogP contribution in [0.2, 0.25) is 10.0 Å². The minimum absolute atomic E-state index is 0.174. The van der Waals surface area contributed by atoms with Crippen molar-refractivity contribution < 1.29 is 9.59 Å². The first kappa shape index (κ1) is 15.8. The highest BCUT2D eigenvalue weighted by molar-refractivity contribution is 6.39. The van der Waals surface area contributed by atoms with Crippen LogP contribution in [0, 0.1) is 0 Å². The first-order chi connectivity index (χ1) is 11.0. The standard InChI is InChI=1S/C18H13Cl2NO2/c1-2-21-16-6-4-3-5-12(16)14(18(21)23)10-17(22)13-8-7-11(19)9-15(13)20/h3-10H,2H2,1H3. The van der Waals surface area contributed by atoms with E-state index in [1.54, 1.807) is 17.0 Å². The molecule has 1 aliphatic heterocycles. The van der Waals surface area contributed by atoms with Crippen LogP contribution in [-0.4, -0.2) is 18.2 Å². The van der Waals surface area contributed by atoms with Crippen LogP contribution in [0.3, 0.4) is 0 Å². The number of amides is 1. The maximum atomic E-state index is 12.6. The lowest BCUT2D eigenvalue weighted by Crippen LogP contribution is -2.25. The zero-order valence-electron chi connectivity index (χ0n) is 12.3. The topological polar surface area (TPSA) is 37.4 Å². The fraction of sp³-hybridized carbons (Fsp3) is 0.111. The molecule has 1 aliphatic rings. The first-order valence-electron chi connectivity index (χ1n) is 7.15. The molecule has 23 heavy (non-hydrogen) atoms. The van der Waals surface area contributed by atoms with E-state index in [0.29, 0.717) is 22.7 Å². The summed E-state index contributed by atoms with van der Waals surface area (Å²) in [7, 11) is 0. The second kappa shape index (κ2) is 6.19. The zero-order valence-corrected chi connectivity index (χ0v) is 13.9. The molecule has 116 valence electrons. The Morgan fingerprint density at radius 3 is 2.61 bits per heavy atom. The Kier molecular flexibility index (Phi) is 4.24. The third-order valence-corrected chi connectivity index (χ3v) is 4.30. The number of halogens is 2. The fourth-order valence-corrected chi connectivity index (χ4v) is 3.16. The van der Waals surface area contributed by atoms with Gasteiger partial charge in [0.2, 0.25) is 0 Å². The summed E-state index contributed by atoms with van der Waals surface area (Å²) in [5, 5.41) is 0.726. The van der Waals surface area contributed by atoms with Gasteiger partial charge in [-0.2, -0.15) is 0 Å². The number of anilines is 1. The Morgan fingerprint density at radius 1 is 1.17 bits per heavy atom. The maximum absolute atomic E-state index is 12.6. The molecular formula is C18H13Cl2NO2. The number of carbonyl (C=O) groups excluding carboxylic acids is 2. The van der Waals surface area contributed by atoms with E-state index in [1.165, 1.54) is 12.1 Å². The van der Waals surface area contributed by atoms with Crippen LogP contribution in [0.5, 0.6) is 0 Å². The van der Waals surface area contributed by atoms with E-state index in [2.05, 4.69) is 0 Å². The molecule has 0 unspecified atom stereocenters. The zero-order chi connectivity index (χ0) is 16.6. The van der Waals surface area contributed by atoms with Crippen LogP contribution < -0.4 is 4.90 Å². The molecule has 1 amide bonds. The average Bonchev–Trinajstić information content (AvgIpc) is 2.79. The second-order valence-electron chi connectivity index (χ2n) is 5.11. The lowest BCUT2D eigenvalue weighted by Gasteiger charge is -2.13. The van der Waals surface area contributed by atoms with Gasteiger partial charge >= 0.3 is 0 Å². The van der Waals surface area contributed by atoms with E-state index in [4.69, 9.17) is 23.2 Å². The third kappa shape index (κ3) is 2.78. The summed E-state index contributed by atoms with van der Waals surface area (Å²) in [6.45, 7) is 2.44. The summed E-state index contributed by atoms with van der Waals surface area (Å²) in [6.07, 6.45) is 1.35. The minimum atomic E-state index is -0.317. The highest BCUT2D eigenvalue weighted by Gasteiger charge is 2.31. The van der Waals surface area contributed by atoms with Gasteiger partial charge in [-0.25, -0.2) is 0 Å². The molecule has 0 bridgehead atoms. The van der Waals surface area contributed by atoms with Gasteiger partial charge in [0, 0.05) is 22.7 Å². The number of nitrogens with zero attached hydrogens (tertiary/aromatic N) is 1. The van der Waals surface area contributed by atoms with Crippen LogP contribution in [0.1, 0.15) is 22.8 Å². The molecule has 0 N–H and O–H groups in total. The van der Waals surface area contributed by atoms with Crippen LogP contribution in [0.15, 0.2) is 48.5 Å². The molecule has 0 aromatic heterocycles. The molecule has 1 heterocycles. The summed E-state index contributed by atoms with van der Waals surface area (Å²) in [6, 6.07) is 12.1. The van der Waals surface area contributed by atoms with E-state index in [-0.39, 0.29) is 16.7 Å². The highest BCUT2D eigenvalue weighted by atomic mass is 35.5. The van der Waals surface area contributed by atoms with Gasteiger partial charge in [-0.15, -0.1) is 0 Å². The quantitative estimate of drug-likeness (QED) is 0.600. The monoisotopic (exact) mass is 345 g/mol. The maximum Gasteiger partial charge on any atom is 0.259 e. The third-order valence-electron chi connectivity index (χ3n) is 3.75. The predicted octanol–water partition coefficient (Wildman–Crippen LogP) is 4.63. The number of rotatable bonds is 3. The first-order valence-corrected chi connectivity index (χ1v) is 7.91. The van der Waals surface area contributed by atoms with E-state index in [1.807, 2.05) is 31.2 Å². The molecule has 0 atom stereocenters. The van der Waals surface area contributed by atoms with E-state index in [0.717, 1.165) is 11.3 Å². The van der Waals surface area contributed by atoms with Crippen molar-refractivity contribution in [2.75, 3.05) is 11.4 Å². The van der Waals surface area contributed by atoms with Crippen LogP contribution in [0.4, 0.5) is 5.69 Å². The van der Waals surface area contributed by atoms with Crippen molar-refractivity contribution in [2.24, 2.45) is 0 Å². The number of benzene rings is 2. The molecular weight excluding hydrogens is 333 g/mol. The number of hydrogen-bond donors (Lipinski definition) is 0. The van der Waals surface area contributed by atoms with E-state index < -0.39 is 0 Å².